The van der Waals surface area contributed by atoms with Crippen LogP contribution in [0.4, 0.5) is 4.39 Å². The van der Waals surface area contributed by atoms with Gasteiger partial charge in [0.25, 0.3) is 0 Å². The van der Waals surface area contributed by atoms with Gasteiger partial charge in [0.05, 0.1) is 0 Å². The van der Waals surface area contributed by atoms with Gasteiger partial charge in [-0.3, -0.25) is 4.90 Å². The molecule has 0 spiro atoms. The lowest BCUT2D eigenvalue weighted by Gasteiger charge is -2.34. The highest BCUT2D eigenvalue weighted by Gasteiger charge is 2.24. The molecule has 2 rings (SSSR count). The van der Waals surface area contributed by atoms with E-state index >= 15 is 0 Å². The van der Waals surface area contributed by atoms with Crippen LogP contribution in [-0.4, -0.2) is 17.5 Å². The van der Waals surface area contributed by atoms with Gasteiger partial charge >= 0.3 is 0 Å². The molecule has 2 aromatic rings. The summed E-state index contributed by atoms with van der Waals surface area (Å²) in [4.78, 5) is 3.57. The molecule has 1 aromatic heterocycles. The lowest BCUT2D eigenvalue weighted by molar-refractivity contribution is 0.149. The maximum atomic E-state index is 13.3. The molecule has 21 heavy (non-hydrogen) atoms. The summed E-state index contributed by atoms with van der Waals surface area (Å²) in [7, 11) is 0. The van der Waals surface area contributed by atoms with Gasteiger partial charge in [0.15, 0.2) is 0 Å². The first kappa shape index (κ1) is 16.4. The molecule has 1 aromatic carbocycles. The summed E-state index contributed by atoms with van der Waals surface area (Å²) in [5.74, 6) is -0.325. The zero-order valence-corrected chi connectivity index (χ0v) is 13.8. The van der Waals surface area contributed by atoms with Gasteiger partial charge in [-0.1, -0.05) is 23.7 Å². The Morgan fingerprint density at radius 1 is 1.33 bits per heavy atom. The molecule has 0 saturated heterocycles. The van der Waals surface area contributed by atoms with Crippen molar-refractivity contribution in [2.75, 3.05) is 6.54 Å². The van der Waals surface area contributed by atoms with E-state index in [4.69, 9.17) is 17.3 Å². The number of rotatable bonds is 6. The normalized spacial score (nSPS) is 13.1. The molecule has 0 aliphatic rings. The molecule has 0 radical (unpaired) electrons. The average Bonchev–Trinajstić information content (AvgIpc) is 2.93. The molecule has 5 heteroatoms. The van der Waals surface area contributed by atoms with Crippen molar-refractivity contribution in [1.82, 2.24) is 4.90 Å². The van der Waals surface area contributed by atoms with E-state index in [0.717, 1.165) is 12.1 Å². The number of thiophene rings is 1. The van der Waals surface area contributed by atoms with Crippen LogP contribution in [0.15, 0.2) is 35.7 Å². The van der Waals surface area contributed by atoms with E-state index in [1.807, 2.05) is 6.07 Å². The van der Waals surface area contributed by atoms with Crippen molar-refractivity contribution in [3.8, 4) is 0 Å². The first-order chi connectivity index (χ1) is 10.0. The molecule has 0 aliphatic carbocycles. The molecule has 2 nitrogen and oxygen atoms in total. The van der Waals surface area contributed by atoms with Gasteiger partial charge < -0.3 is 5.73 Å². The molecule has 0 fully saturated rings. The molecule has 1 unspecified atom stereocenters. The second-order valence-corrected chi connectivity index (χ2v) is 6.70. The van der Waals surface area contributed by atoms with Crippen molar-refractivity contribution in [3.05, 3.63) is 57.0 Å². The van der Waals surface area contributed by atoms with Gasteiger partial charge in [-0.25, -0.2) is 4.39 Å². The van der Waals surface area contributed by atoms with Gasteiger partial charge in [-0.15, -0.1) is 11.3 Å². The average molecular weight is 327 g/mol. The summed E-state index contributed by atoms with van der Waals surface area (Å²) in [6.45, 7) is 5.52. The summed E-state index contributed by atoms with van der Waals surface area (Å²) in [5, 5.41) is 2.50. The van der Waals surface area contributed by atoms with Crippen molar-refractivity contribution in [2.45, 2.75) is 32.5 Å². The fourth-order valence-corrected chi connectivity index (χ4v) is 3.45. The highest BCUT2D eigenvalue weighted by Crippen LogP contribution is 2.30. The standard InChI is InChI=1S/C16H20ClFN2S/c1-11(2)20(10-13-4-3-7-21-13)16(9-19)14-6-5-12(18)8-15(14)17/h3-8,11,16H,9-10,19H2,1-2H3. The minimum Gasteiger partial charge on any atom is -0.329 e. The van der Waals surface area contributed by atoms with Crippen molar-refractivity contribution in [1.29, 1.82) is 0 Å². The first-order valence-corrected chi connectivity index (χ1v) is 8.21. The molecule has 0 amide bonds. The molecule has 0 saturated carbocycles. The number of halogens is 2. The van der Waals surface area contributed by atoms with E-state index in [-0.39, 0.29) is 11.9 Å². The summed E-state index contributed by atoms with van der Waals surface area (Å²) in [6.07, 6.45) is 0. The zero-order valence-electron chi connectivity index (χ0n) is 12.2. The summed E-state index contributed by atoms with van der Waals surface area (Å²) in [5.41, 5.74) is 6.87. The minimum atomic E-state index is -0.325. The summed E-state index contributed by atoms with van der Waals surface area (Å²) < 4.78 is 13.3. The molecule has 0 bridgehead atoms. The molecule has 2 N–H and O–H groups in total. The topological polar surface area (TPSA) is 29.3 Å². The van der Waals surface area contributed by atoms with Crippen LogP contribution in [0.2, 0.25) is 5.02 Å². The Balaban J connectivity index is 2.31. The molecule has 114 valence electrons. The number of hydrogen-bond donors (Lipinski definition) is 1. The van der Waals surface area contributed by atoms with Crippen molar-refractivity contribution in [3.63, 3.8) is 0 Å². The Hall–Kier alpha value is -0.940. The Morgan fingerprint density at radius 2 is 2.10 bits per heavy atom. The van der Waals surface area contributed by atoms with Crippen LogP contribution >= 0.6 is 22.9 Å². The highest BCUT2D eigenvalue weighted by molar-refractivity contribution is 7.09. The van der Waals surface area contributed by atoms with E-state index in [9.17, 15) is 4.39 Å². The van der Waals surface area contributed by atoms with Crippen LogP contribution in [0.1, 0.15) is 30.3 Å². The largest absolute Gasteiger partial charge is 0.329 e. The van der Waals surface area contributed by atoms with Crippen LogP contribution in [-0.2, 0) is 6.54 Å². The Labute approximate surface area is 134 Å². The maximum Gasteiger partial charge on any atom is 0.124 e. The third-order valence-electron chi connectivity index (χ3n) is 3.53. The van der Waals surface area contributed by atoms with Gasteiger partial charge in [0.1, 0.15) is 5.82 Å². The summed E-state index contributed by atoms with van der Waals surface area (Å²) >= 11 is 7.94. The smallest absolute Gasteiger partial charge is 0.124 e. The minimum absolute atomic E-state index is 0.0276. The Kier molecular flexibility index (Phi) is 5.76. The second-order valence-electron chi connectivity index (χ2n) is 5.26. The SMILES string of the molecule is CC(C)N(Cc1cccs1)C(CN)c1ccc(F)cc1Cl. The molecule has 0 aliphatic heterocycles. The predicted molar refractivity (Wildman–Crippen MR) is 88.2 cm³/mol. The van der Waals surface area contributed by atoms with Gasteiger partial charge in [-0.2, -0.15) is 0 Å². The van der Waals surface area contributed by atoms with Gasteiger partial charge in [-0.05, 0) is 43.0 Å². The lowest BCUT2D eigenvalue weighted by Crippen LogP contribution is -2.38. The lowest BCUT2D eigenvalue weighted by atomic mass is 10.0. The fraction of sp³-hybridized carbons (Fsp3) is 0.375. The van der Waals surface area contributed by atoms with E-state index in [1.165, 1.54) is 17.0 Å². The summed E-state index contributed by atoms with van der Waals surface area (Å²) in [6, 6.07) is 8.96. The van der Waals surface area contributed by atoms with E-state index in [0.29, 0.717) is 17.6 Å². The highest BCUT2D eigenvalue weighted by atomic mass is 35.5. The van der Waals surface area contributed by atoms with Crippen LogP contribution < -0.4 is 5.73 Å². The first-order valence-electron chi connectivity index (χ1n) is 6.96. The van der Waals surface area contributed by atoms with E-state index in [2.05, 4.69) is 30.2 Å². The monoisotopic (exact) mass is 326 g/mol. The molecular formula is C16H20ClFN2S. The van der Waals surface area contributed by atoms with Crippen LogP contribution in [0.3, 0.4) is 0 Å². The third-order valence-corrected chi connectivity index (χ3v) is 4.72. The maximum absolute atomic E-state index is 13.3. The van der Waals surface area contributed by atoms with Crippen LogP contribution in [0, 0.1) is 5.82 Å². The van der Waals surface area contributed by atoms with E-state index in [1.54, 1.807) is 17.4 Å². The van der Waals surface area contributed by atoms with Crippen molar-refractivity contribution in [2.24, 2.45) is 5.73 Å². The van der Waals surface area contributed by atoms with Crippen molar-refractivity contribution >= 4 is 22.9 Å². The zero-order chi connectivity index (χ0) is 15.4. The predicted octanol–water partition coefficient (Wildman–Crippen LogP) is 4.45. The number of nitrogens with two attached hydrogens (primary N) is 1. The second kappa shape index (κ2) is 7.36. The van der Waals surface area contributed by atoms with Crippen molar-refractivity contribution < 1.29 is 4.39 Å². The number of benzene rings is 1. The van der Waals surface area contributed by atoms with E-state index < -0.39 is 0 Å². The van der Waals surface area contributed by atoms with Gasteiger partial charge in [0.2, 0.25) is 0 Å². The fourth-order valence-electron chi connectivity index (χ4n) is 2.45. The van der Waals surface area contributed by atoms with Crippen LogP contribution in [0.25, 0.3) is 0 Å². The quantitative estimate of drug-likeness (QED) is 0.849. The molecular weight excluding hydrogens is 307 g/mol. The Bertz CT molecular complexity index is 572. The molecule has 1 atom stereocenters. The number of nitrogens with zero attached hydrogens (tertiary/aromatic N) is 1. The van der Waals surface area contributed by atoms with Gasteiger partial charge in [0, 0.05) is 35.1 Å². The van der Waals surface area contributed by atoms with Crippen LogP contribution in [0.5, 0.6) is 0 Å². The third kappa shape index (κ3) is 4.04. The molecule has 1 heterocycles. The Morgan fingerprint density at radius 3 is 2.62 bits per heavy atom. The number of hydrogen-bond acceptors (Lipinski definition) is 3.